The summed E-state index contributed by atoms with van der Waals surface area (Å²) in [5, 5.41) is 15.1. The van der Waals surface area contributed by atoms with Crippen molar-refractivity contribution in [2.45, 2.75) is 84.0 Å². The Hall–Kier alpha value is -2.94. The molecule has 3 N–H and O–H groups in total. The summed E-state index contributed by atoms with van der Waals surface area (Å²) in [7, 11) is 1.71. The fourth-order valence-electron chi connectivity index (χ4n) is 4.75. The van der Waals surface area contributed by atoms with Gasteiger partial charge in [-0.2, -0.15) is 0 Å². The first-order chi connectivity index (χ1) is 17.0. The van der Waals surface area contributed by atoms with Gasteiger partial charge in [-0.25, -0.2) is 9.59 Å². The summed E-state index contributed by atoms with van der Waals surface area (Å²) < 4.78 is 5.34. The third-order valence-corrected chi connectivity index (χ3v) is 7.01. The lowest BCUT2D eigenvalue weighted by Gasteiger charge is -2.36. The molecule has 1 aliphatic rings. The number of carbonyl (C=O) groups is 4. The van der Waals surface area contributed by atoms with Crippen molar-refractivity contribution in [2.24, 2.45) is 11.8 Å². The highest BCUT2D eigenvalue weighted by atomic mass is 16.5. The second-order valence-electron chi connectivity index (χ2n) is 10.2. The third-order valence-electron chi connectivity index (χ3n) is 7.01. The van der Waals surface area contributed by atoms with Crippen LogP contribution in [0, 0.1) is 11.8 Å². The van der Waals surface area contributed by atoms with Crippen LogP contribution in [0.5, 0.6) is 0 Å². The molecule has 0 spiro atoms. The average molecular weight is 504 g/mol. The number of rotatable bonds is 13. The lowest BCUT2D eigenvalue weighted by atomic mass is 9.84. The summed E-state index contributed by atoms with van der Waals surface area (Å²) in [6, 6.07) is 7.68. The highest BCUT2D eigenvalue weighted by Gasteiger charge is 2.52. The number of alkyl carbamates (subject to hydrolysis) is 1. The molecule has 2 amide bonds. The molecule has 0 saturated carbocycles. The minimum atomic E-state index is -1.47. The highest BCUT2D eigenvalue weighted by Crippen LogP contribution is 2.32. The van der Waals surface area contributed by atoms with Crippen molar-refractivity contribution in [3.05, 3.63) is 35.9 Å². The summed E-state index contributed by atoms with van der Waals surface area (Å²) in [5.74, 6) is -2.15. The molecule has 0 bridgehead atoms. The fraction of sp³-hybridized carbons (Fsp3) is 0.630. The van der Waals surface area contributed by atoms with Gasteiger partial charge in [-0.15, -0.1) is 0 Å². The zero-order valence-electron chi connectivity index (χ0n) is 22.1. The van der Waals surface area contributed by atoms with E-state index in [0.717, 1.165) is 5.56 Å². The number of hydrogen-bond acceptors (Lipinski definition) is 6. The number of carboxylic acid groups (broad SMARTS) is 1. The highest BCUT2D eigenvalue weighted by molar-refractivity contribution is 6.11. The number of Topliss-reactive ketones (excluding diaryl/α,β-unsaturated/α-hetero) is 1. The summed E-state index contributed by atoms with van der Waals surface area (Å²) in [6.45, 7) is 8.24. The molecule has 1 unspecified atom stereocenters. The Morgan fingerprint density at radius 1 is 1.11 bits per heavy atom. The zero-order valence-corrected chi connectivity index (χ0v) is 22.1. The second-order valence-corrected chi connectivity index (χ2v) is 10.2. The fourth-order valence-corrected chi connectivity index (χ4v) is 4.75. The van der Waals surface area contributed by atoms with Crippen molar-refractivity contribution in [2.75, 3.05) is 13.6 Å². The van der Waals surface area contributed by atoms with E-state index in [1.165, 1.54) is 0 Å². The maximum Gasteiger partial charge on any atom is 0.407 e. The molecule has 9 nitrogen and oxygen atoms in total. The van der Waals surface area contributed by atoms with Crippen molar-refractivity contribution in [3.8, 4) is 0 Å². The number of carboxylic acids is 1. The van der Waals surface area contributed by atoms with Crippen molar-refractivity contribution in [3.63, 3.8) is 0 Å². The molecule has 1 heterocycles. The van der Waals surface area contributed by atoms with Crippen LogP contribution in [-0.4, -0.2) is 65.0 Å². The average Bonchev–Trinajstić information content (AvgIpc) is 3.22. The van der Waals surface area contributed by atoms with Crippen LogP contribution in [0.2, 0.25) is 0 Å². The van der Waals surface area contributed by atoms with Crippen LogP contribution >= 0.6 is 0 Å². The zero-order chi connectivity index (χ0) is 26.9. The molecule has 0 radical (unpaired) electrons. The van der Waals surface area contributed by atoms with E-state index in [1.807, 2.05) is 51.1 Å². The summed E-state index contributed by atoms with van der Waals surface area (Å²) in [5.41, 5.74) is -0.618. The smallest absolute Gasteiger partial charge is 0.407 e. The predicted octanol–water partition coefficient (Wildman–Crippen LogP) is 3.37. The minimum absolute atomic E-state index is 0.0581. The van der Waals surface area contributed by atoms with Crippen molar-refractivity contribution in [1.82, 2.24) is 15.5 Å². The molecule has 1 aliphatic heterocycles. The molecule has 1 saturated heterocycles. The van der Waals surface area contributed by atoms with E-state index in [0.29, 0.717) is 32.2 Å². The van der Waals surface area contributed by atoms with Crippen LogP contribution in [0.1, 0.15) is 65.4 Å². The van der Waals surface area contributed by atoms with Gasteiger partial charge in [0, 0.05) is 12.5 Å². The van der Waals surface area contributed by atoms with E-state index in [9.17, 15) is 24.3 Å². The predicted molar refractivity (Wildman–Crippen MR) is 136 cm³/mol. The molecule has 2 rings (SSSR count). The van der Waals surface area contributed by atoms with E-state index in [-0.39, 0.29) is 30.6 Å². The van der Waals surface area contributed by atoms with Crippen LogP contribution in [-0.2, 0) is 25.7 Å². The van der Waals surface area contributed by atoms with Gasteiger partial charge in [0.2, 0.25) is 5.91 Å². The van der Waals surface area contributed by atoms with Gasteiger partial charge >= 0.3 is 12.1 Å². The lowest BCUT2D eigenvalue weighted by molar-refractivity contribution is -0.149. The van der Waals surface area contributed by atoms with Gasteiger partial charge in [-0.3, -0.25) is 14.5 Å². The summed E-state index contributed by atoms with van der Waals surface area (Å²) >= 11 is 0. The first-order valence-electron chi connectivity index (χ1n) is 12.8. The Morgan fingerprint density at radius 3 is 2.31 bits per heavy atom. The Morgan fingerprint density at radius 2 is 1.78 bits per heavy atom. The van der Waals surface area contributed by atoms with Gasteiger partial charge in [0.25, 0.3) is 0 Å². The van der Waals surface area contributed by atoms with Gasteiger partial charge in [-0.05, 0) is 50.3 Å². The van der Waals surface area contributed by atoms with Crippen LogP contribution < -0.4 is 10.6 Å². The van der Waals surface area contributed by atoms with Gasteiger partial charge in [0.05, 0.1) is 0 Å². The number of nitrogens with one attached hydrogen (secondary N) is 2. The maximum atomic E-state index is 13.7. The van der Waals surface area contributed by atoms with Crippen LogP contribution in [0.3, 0.4) is 0 Å². The Bertz CT molecular complexity index is 906. The summed E-state index contributed by atoms with van der Waals surface area (Å²) in [4.78, 5) is 53.3. The number of carbonyl (C=O) groups excluding carboxylic acids is 3. The van der Waals surface area contributed by atoms with Gasteiger partial charge in [-0.1, -0.05) is 64.4 Å². The number of amides is 2. The van der Waals surface area contributed by atoms with Gasteiger partial charge in [0.15, 0.2) is 11.3 Å². The number of likely N-dealkylation sites (N-methyl/N-ethyl adjacent to an activating group) is 1. The SMILES string of the molecule is CC[C@H](C)[C@H](NC(=O)[C@]1(C(=O)CC(CC(C)C)NC(=O)OCc2ccccc2)CCCN1C)C(=O)O. The molecule has 0 aromatic heterocycles. The minimum Gasteiger partial charge on any atom is -0.480 e. The van der Waals surface area contributed by atoms with E-state index >= 15 is 0 Å². The second kappa shape index (κ2) is 13.4. The topological polar surface area (TPSA) is 125 Å². The number of likely N-dealkylation sites (tertiary alicyclic amines) is 1. The summed E-state index contributed by atoms with van der Waals surface area (Å²) in [6.07, 6.45) is 1.35. The molecule has 200 valence electrons. The maximum absolute atomic E-state index is 13.7. The third kappa shape index (κ3) is 7.53. The number of aliphatic carboxylic acids is 1. The molecule has 36 heavy (non-hydrogen) atoms. The van der Waals surface area contributed by atoms with E-state index < -0.39 is 35.6 Å². The molecule has 1 aromatic carbocycles. The molecule has 1 fully saturated rings. The largest absolute Gasteiger partial charge is 0.480 e. The first-order valence-corrected chi connectivity index (χ1v) is 12.8. The van der Waals surface area contributed by atoms with Crippen molar-refractivity contribution < 1.29 is 29.0 Å². The van der Waals surface area contributed by atoms with Crippen LogP contribution in [0.4, 0.5) is 4.79 Å². The Kier molecular flexibility index (Phi) is 10.9. The molecular weight excluding hydrogens is 462 g/mol. The number of hydrogen-bond donors (Lipinski definition) is 3. The monoisotopic (exact) mass is 503 g/mol. The van der Waals surface area contributed by atoms with Crippen molar-refractivity contribution >= 4 is 23.8 Å². The first kappa shape index (κ1) is 29.3. The van der Waals surface area contributed by atoms with E-state index in [2.05, 4.69) is 10.6 Å². The van der Waals surface area contributed by atoms with Crippen molar-refractivity contribution in [1.29, 1.82) is 0 Å². The van der Waals surface area contributed by atoms with E-state index in [1.54, 1.807) is 18.9 Å². The number of ketones is 1. The standard InChI is InChI=1S/C27H41N3O6/c1-6-19(4)23(24(32)33)29-25(34)27(13-10-14-30(27)5)22(31)16-21(15-18(2)3)28-26(35)36-17-20-11-8-7-9-12-20/h7-9,11-12,18-19,21,23H,6,10,13-17H2,1-5H3,(H,28,35)(H,29,34)(H,32,33)/t19-,21?,23-,27+/m0/s1. The number of benzene rings is 1. The number of nitrogens with zero attached hydrogens (tertiary/aromatic N) is 1. The quantitative estimate of drug-likeness (QED) is 0.353. The Labute approximate surface area is 214 Å². The molecule has 9 heteroatoms. The normalized spacial score (nSPS) is 20.4. The van der Waals surface area contributed by atoms with Gasteiger partial charge < -0.3 is 20.5 Å². The van der Waals surface area contributed by atoms with E-state index in [4.69, 9.17) is 4.74 Å². The van der Waals surface area contributed by atoms with Gasteiger partial charge in [0.1, 0.15) is 12.6 Å². The lowest BCUT2D eigenvalue weighted by Crippen LogP contribution is -2.63. The Balaban J connectivity index is 2.16. The molecular formula is C27H41N3O6. The van der Waals surface area contributed by atoms with Crippen LogP contribution in [0.15, 0.2) is 30.3 Å². The molecule has 4 atom stereocenters. The molecule has 0 aliphatic carbocycles. The number of ether oxygens (including phenoxy) is 1. The van der Waals surface area contributed by atoms with Crippen LogP contribution in [0.25, 0.3) is 0 Å². The molecule has 1 aromatic rings.